The topological polar surface area (TPSA) is 37.8 Å². The van der Waals surface area contributed by atoms with Crippen LogP contribution in [-0.4, -0.2) is 9.97 Å². The lowest BCUT2D eigenvalue weighted by atomic mass is 9.99. The van der Waals surface area contributed by atoms with Gasteiger partial charge in [-0.15, -0.1) is 0 Å². The van der Waals surface area contributed by atoms with Crippen molar-refractivity contribution >= 4 is 0 Å². The van der Waals surface area contributed by atoms with Crippen LogP contribution in [-0.2, 0) is 0 Å². The second kappa shape index (κ2) is 6.32. The smallest absolute Gasteiger partial charge is 0.128 e. The lowest BCUT2D eigenvalue weighted by Gasteiger charge is -2.25. The maximum Gasteiger partial charge on any atom is 0.128 e. The minimum atomic E-state index is -0.406. The molecule has 5 heteroatoms. The number of aryl methyl sites for hydroxylation is 2. The van der Waals surface area contributed by atoms with Crippen molar-refractivity contribution < 1.29 is 8.78 Å². The van der Waals surface area contributed by atoms with Crippen molar-refractivity contribution in [3.05, 3.63) is 58.7 Å². The molecule has 23 heavy (non-hydrogen) atoms. The lowest BCUT2D eigenvalue weighted by molar-refractivity contribution is 0.408. The van der Waals surface area contributed by atoms with E-state index in [0.29, 0.717) is 11.5 Å². The normalized spacial score (nSPS) is 17.1. The van der Waals surface area contributed by atoms with Crippen LogP contribution in [0.2, 0.25) is 0 Å². The first-order chi connectivity index (χ1) is 11.0. The Morgan fingerprint density at radius 2 is 1.91 bits per heavy atom. The van der Waals surface area contributed by atoms with Gasteiger partial charge in [0.05, 0.1) is 0 Å². The predicted octanol–water partition coefficient (Wildman–Crippen LogP) is 4.17. The van der Waals surface area contributed by atoms with Crippen molar-refractivity contribution in [2.75, 3.05) is 0 Å². The number of aromatic nitrogens is 2. The second-order valence-electron chi connectivity index (χ2n) is 6.33. The van der Waals surface area contributed by atoms with Crippen LogP contribution in [0.15, 0.2) is 24.4 Å². The number of hydrogen-bond donors (Lipinski definition) is 1. The fourth-order valence-corrected chi connectivity index (χ4v) is 3.04. The number of nitrogens with one attached hydrogen (secondary N) is 1. The lowest BCUT2D eigenvalue weighted by Crippen LogP contribution is -2.28. The van der Waals surface area contributed by atoms with E-state index in [9.17, 15) is 8.78 Å². The summed E-state index contributed by atoms with van der Waals surface area (Å²) in [6, 6.07) is 3.43. The zero-order valence-corrected chi connectivity index (χ0v) is 13.6. The first kappa shape index (κ1) is 16.0. The van der Waals surface area contributed by atoms with Crippen LogP contribution in [0, 0.1) is 31.4 Å². The van der Waals surface area contributed by atoms with Crippen molar-refractivity contribution in [3.8, 4) is 0 Å². The molecule has 0 bridgehead atoms. The molecule has 0 amide bonds. The molecule has 1 fully saturated rings. The maximum atomic E-state index is 14.2. The fourth-order valence-electron chi connectivity index (χ4n) is 3.04. The van der Waals surface area contributed by atoms with Crippen LogP contribution in [0.1, 0.15) is 54.5 Å². The van der Waals surface area contributed by atoms with Gasteiger partial charge in [-0.1, -0.05) is 0 Å². The Morgan fingerprint density at radius 1 is 1.17 bits per heavy atom. The molecule has 0 aliphatic heterocycles. The Hall–Kier alpha value is -1.88. The zero-order chi connectivity index (χ0) is 16.6. The molecule has 1 heterocycles. The molecule has 0 spiro atoms. The summed E-state index contributed by atoms with van der Waals surface area (Å²) in [5.41, 5.74) is 2.30. The highest BCUT2D eigenvalue weighted by molar-refractivity contribution is 5.26. The van der Waals surface area contributed by atoms with Crippen molar-refractivity contribution in [3.63, 3.8) is 0 Å². The van der Waals surface area contributed by atoms with Gasteiger partial charge in [0, 0.05) is 35.1 Å². The van der Waals surface area contributed by atoms with E-state index in [1.165, 1.54) is 12.1 Å². The Bertz CT molecular complexity index is 713. The number of rotatable bonds is 5. The summed E-state index contributed by atoms with van der Waals surface area (Å²) in [6.07, 6.45) is 3.87. The second-order valence-corrected chi connectivity index (χ2v) is 6.33. The van der Waals surface area contributed by atoms with Crippen molar-refractivity contribution in [2.45, 2.75) is 45.7 Å². The van der Waals surface area contributed by atoms with Gasteiger partial charge in [-0.2, -0.15) is 0 Å². The van der Waals surface area contributed by atoms with Gasteiger partial charge in [0.1, 0.15) is 17.5 Å². The average Bonchev–Trinajstić information content (AvgIpc) is 3.32. The van der Waals surface area contributed by atoms with E-state index in [2.05, 4.69) is 15.3 Å². The molecular formula is C18H21F2N3. The quantitative estimate of drug-likeness (QED) is 0.899. The first-order valence-corrected chi connectivity index (χ1v) is 7.97. The minimum absolute atomic E-state index is 0.0381. The van der Waals surface area contributed by atoms with Crippen LogP contribution in [0.3, 0.4) is 0 Å². The van der Waals surface area contributed by atoms with E-state index < -0.39 is 5.82 Å². The standard InChI is InChI=1S/C18H21F2N3/c1-10-16(9-21-12(3)22-10)11(2)23-18(13-4-5-13)15-8-14(19)6-7-17(15)20/h6-9,11,13,18,23H,4-5H2,1-3H3/t11-,18-/m0/s1. The van der Waals surface area contributed by atoms with Gasteiger partial charge in [0.25, 0.3) is 0 Å². The highest BCUT2D eigenvalue weighted by Crippen LogP contribution is 2.43. The molecule has 1 aliphatic carbocycles. The highest BCUT2D eigenvalue weighted by Gasteiger charge is 2.35. The van der Waals surface area contributed by atoms with Gasteiger partial charge in [-0.05, 0) is 57.7 Å². The summed E-state index contributed by atoms with van der Waals surface area (Å²) in [4.78, 5) is 8.63. The molecule has 1 aromatic heterocycles. The summed E-state index contributed by atoms with van der Waals surface area (Å²) >= 11 is 0. The van der Waals surface area contributed by atoms with E-state index in [1.54, 1.807) is 6.20 Å². The average molecular weight is 317 g/mol. The number of halogens is 2. The molecule has 1 saturated carbocycles. The van der Waals surface area contributed by atoms with Gasteiger partial charge in [-0.3, -0.25) is 0 Å². The van der Waals surface area contributed by atoms with E-state index in [0.717, 1.165) is 36.0 Å². The summed E-state index contributed by atoms with van der Waals surface area (Å²) < 4.78 is 27.7. The number of hydrogen-bond acceptors (Lipinski definition) is 3. The fraction of sp³-hybridized carbons (Fsp3) is 0.444. The molecule has 1 aliphatic rings. The van der Waals surface area contributed by atoms with Gasteiger partial charge in [0.2, 0.25) is 0 Å². The monoisotopic (exact) mass is 317 g/mol. The van der Waals surface area contributed by atoms with Crippen LogP contribution < -0.4 is 5.32 Å². The Morgan fingerprint density at radius 3 is 2.57 bits per heavy atom. The molecule has 0 radical (unpaired) electrons. The summed E-state index contributed by atoms with van der Waals surface area (Å²) in [5.74, 6) is 0.310. The molecule has 0 unspecified atom stereocenters. The summed E-state index contributed by atoms with van der Waals surface area (Å²) in [5, 5.41) is 3.45. The Kier molecular flexibility index (Phi) is 4.39. The third kappa shape index (κ3) is 3.55. The molecule has 3 nitrogen and oxygen atoms in total. The van der Waals surface area contributed by atoms with Crippen molar-refractivity contribution in [1.82, 2.24) is 15.3 Å². The van der Waals surface area contributed by atoms with Crippen molar-refractivity contribution in [1.29, 1.82) is 0 Å². The molecule has 2 aromatic rings. The Labute approximate surface area is 135 Å². The maximum absolute atomic E-state index is 14.2. The van der Waals surface area contributed by atoms with Gasteiger partial charge >= 0.3 is 0 Å². The minimum Gasteiger partial charge on any atom is -0.303 e. The van der Waals surface area contributed by atoms with Crippen LogP contribution in [0.5, 0.6) is 0 Å². The number of benzene rings is 1. The van der Waals surface area contributed by atoms with Crippen LogP contribution >= 0.6 is 0 Å². The third-order valence-corrected chi connectivity index (χ3v) is 4.42. The predicted molar refractivity (Wildman–Crippen MR) is 84.9 cm³/mol. The summed E-state index contributed by atoms with van der Waals surface area (Å²) in [7, 11) is 0. The Balaban J connectivity index is 1.86. The largest absolute Gasteiger partial charge is 0.303 e. The van der Waals surface area contributed by atoms with Gasteiger partial charge < -0.3 is 5.32 Å². The van der Waals surface area contributed by atoms with E-state index in [4.69, 9.17) is 0 Å². The molecule has 1 N–H and O–H groups in total. The summed E-state index contributed by atoms with van der Waals surface area (Å²) in [6.45, 7) is 5.80. The SMILES string of the molecule is Cc1ncc([C@H](C)N[C@H](c2cc(F)ccc2F)C2CC2)c(C)n1. The third-order valence-electron chi connectivity index (χ3n) is 4.42. The van der Waals surface area contributed by atoms with E-state index >= 15 is 0 Å². The molecule has 2 atom stereocenters. The van der Waals surface area contributed by atoms with Crippen LogP contribution in [0.25, 0.3) is 0 Å². The van der Waals surface area contributed by atoms with Gasteiger partial charge in [0.15, 0.2) is 0 Å². The molecule has 0 saturated heterocycles. The van der Waals surface area contributed by atoms with Gasteiger partial charge in [-0.25, -0.2) is 18.7 Å². The van der Waals surface area contributed by atoms with E-state index in [-0.39, 0.29) is 17.9 Å². The number of nitrogens with zero attached hydrogens (tertiary/aromatic N) is 2. The molecule has 1 aromatic carbocycles. The first-order valence-electron chi connectivity index (χ1n) is 7.97. The van der Waals surface area contributed by atoms with Crippen molar-refractivity contribution in [2.24, 2.45) is 5.92 Å². The highest BCUT2D eigenvalue weighted by atomic mass is 19.1. The molecular weight excluding hydrogens is 296 g/mol. The van der Waals surface area contributed by atoms with E-state index in [1.807, 2.05) is 20.8 Å². The zero-order valence-electron chi connectivity index (χ0n) is 13.6. The van der Waals surface area contributed by atoms with Crippen LogP contribution in [0.4, 0.5) is 8.78 Å². The molecule has 122 valence electrons. The molecule has 3 rings (SSSR count).